The normalized spacial score (nSPS) is 24.2. The van der Waals surface area contributed by atoms with Crippen LogP contribution in [-0.4, -0.2) is 231 Å². The van der Waals surface area contributed by atoms with E-state index >= 15 is 0 Å². The molecule has 2 heterocycles. The molecule has 0 spiro atoms. The molecule has 0 radical (unpaired) electrons. The van der Waals surface area contributed by atoms with E-state index in [0.29, 0.717) is 36.9 Å². The molecule has 0 aromatic heterocycles. The lowest BCUT2D eigenvalue weighted by molar-refractivity contribution is -0.238. The van der Waals surface area contributed by atoms with Crippen LogP contribution in [0.25, 0.3) is 0 Å². The molecule has 5 rings (SSSR count). The van der Waals surface area contributed by atoms with E-state index in [2.05, 4.69) is 16.0 Å². The molecule has 1 aliphatic carbocycles. The maximum Gasteiger partial charge on any atom is 0.410 e. The number of ether oxygens (including phenoxy) is 6. The SMILES string of the molecule is CCC(C)C([C@@H](CC(=O)N1CCC[C@H]1[C@H](OC)[C@@H](C)C(=O)N[C@H](Cc1ccc(O[C@H]2O[C@@H](C(=O)O)C[C@@H](O)[C@@H]2O)cc1)C(=O)O)OC)N(C)C(=O)[C@@H](NC(=O)C(C(C)C)N(C)C(=O)OCc1ccc(O[C@H]2C[C@@H](O)[C@H](O)[C@@H](C(=O)O)C2)c(NC(=O)CCN)c1)C(C)C. The Labute approximate surface area is 535 Å². The van der Waals surface area contributed by atoms with Gasteiger partial charge in [0.25, 0.3) is 0 Å². The number of carbonyl (C=O) groups is 9. The Bertz CT molecular complexity index is 2850. The molecule has 2 aromatic carbocycles. The highest BCUT2D eigenvalue weighted by Crippen LogP contribution is 2.35. The van der Waals surface area contributed by atoms with Crippen molar-refractivity contribution >= 4 is 59.2 Å². The topological polar surface area (TPSA) is 422 Å². The minimum Gasteiger partial charge on any atom is -0.488 e. The van der Waals surface area contributed by atoms with Crippen molar-refractivity contribution in [3.05, 3.63) is 53.6 Å². The van der Waals surface area contributed by atoms with Gasteiger partial charge in [0, 0.05) is 73.5 Å². The molecule has 0 bridgehead atoms. The summed E-state index contributed by atoms with van der Waals surface area (Å²) in [7, 11) is 5.79. The van der Waals surface area contributed by atoms with Gasteiger partial charge >= 0.3 is 24.0 Å². The zero-order valence-corrected chi connectivity index (χ0v) is 54.2. The number of hydrogen-bond acceptors (Lipinski definition) is 20. The van der Waals surface area contributed by atoms with Crippen LogP contribution in [0.1, 0.15) is 111 Å². The van der Waals surface area contributed by atoms with Crippen LogP contribution < -0.4 is 31.2 Å². The van der Waals surface area contributed by atoms with Gasteiger partial charge in [-0.1, -0.05) is 73.1 Å². The molecule has 1 saturated carbocycles. The van der Waals surface area contributed by atoms with Crippen LogP contribution >= 0.6 is 0 Å². The van der Waals surface area contributed by atoms with Crippen LogP contribution in [0.15, 0.2) is 42.5 Å². The number of amides is 6. The summed E-state index contributed by atoms with van der Waals surface area (Å²) in [4.78, 5) is 124. The number of carbonyl (C=O) groups excluding carboxylic acids is 6. The molecule has 6 amide bonds. The van der Waals surface area contributed by atoms with Crippen molar-refractivity contribution in [2.75, 3.05) is 46.7 Å². The molecule has 12 N–H and O–H groups in total. The largest absolute Gasteiger partial charge is 0.488 e. The summed E-state index contributed by atoms with van der Waals surface area (Å²) in [5.74, 6) is -9.87. The summed E-state index contributed by atoms with van der Waals surface area (Å²) in [6, 6.07) is 5.37. The van der Waals surface area contributed by atoms with E-state index in [1.54, 1.807) is 52.6 Å². The zero-order valence-electron chi connectivity index (χ0n) is 54.2. The Morgan fingerprint density at radius 2 is 1.42 bits per heavy atom. The number of carboxylic acids is 3. The van der Waals surface area contributed by atoms with Gasteiger partial charge in [0.05, 0.1) is 66.5 Å². The smallest absolute Gasteiger partial charge is 0.410 e. The summed E-state index contributed by atoms with van der Waals surface area (Å²) in [6.07, 6.45) is -11.7. The Kier molecular flexibility index (Phi) is 28.4. The lowest BCUT2D eigenvalue weighted by Crippen LogP contribution is -2.60. The summed E-state index contributed by atoms with van der Waals surface area (Å²) in [5.41, 5.74) is 6.59. The number of nitrogens with zero attached hydrogens (tertiary/aromatic N) is 3. The van der Waals surface area contributed by atoms with E-state index in [1.165, 1.54) is 62.6 Å². The van der Waals surface area contributed by atoms with Crippen LogP contribution in [0.2, 0.25) is 0 Å². The highest BCUT2D eigenvalue weighted by atomic mass is 16.7. The van der Waals surface area contributed by atoms with Gasteiger partial charge in [0.2, 0.25) is 35.8 Å². The number of likely N-dealkylation sites (tertiary alicyclic amines) is 1. The number of nitrogens with one attached hydrogen (secondary N) is 3. The second-order valence-electron chi connectivity index (χ2n) is 24.8. The second kappa shape index (κ2) is 34.6. The molecule has 3 fully saturated rings. The van der Waals surface area contributed by atoms with Crippen molar-refractivity contribution in [1.29, 1.82) is 0 Å². The van der Waals surface area contributed by atoms with Crippen LogP contribution in [-0.2, 0) is 70.3 Å². The number of benzene rings is 2. The maximum atomic E-state index is 14.8. The summed E-state index contributed by atoms with van der Waals surface area (Å²) in [6.45, 7) is 12.3. The van der Waals surface area contributed by atoms with Crippen LogP contribution in [0, 0.1) is 29.6 Å². The molecule has 514 valence electrons. The molecular formula is C63H95N7O22. The average molecular weight is 1300 g/mol. The number of aliphatic hydroxyl groups is 4. The fraction of sp³-hybridized carbons (Fsp3) is 0.667. The first kappa shape index (κ1) is 75.5. The van der Waals surface area contributed by atoms with Gasteiger partial charge in [-0.05, 0) is 66.0 Å². The first-order valence-corrected chi connectivity index (χ1v) is 31.1. The molecule has 17 atom stereocenters. The van der Waals surface area contributed by atoms with E-state index in [1.807, 2.05) is 13.8 Å². The molecule has 2 aromatic rings. The number of anilines is 1. The van der Waals surface area contributed by atoms with Gasteiger partial charge in [-0.2, -0.15) is 0 Å². The number of likely N-dealkylation sites (N-methyl/N-ethyl adjacent to an activating group) is 2. The molecule has 92 heavy (non-hydrogen) atoms. The van der Waals surface area contributed by atoms with Gasteiger partial charge < -0.3 is 95.7 Å². The number of methoxy groups -OCH3 is 2. The third kappa shape index (κ3) is 19.7. The van der Waals surface area contributed by atoms with Crippen molar-refractivity contribution in [3.63, 3.8) is 0 Å². The molecule has 29 nitrogen and oxygen atoms in total. The highest BCUT2D eigenvalue weighted by molar-refractivity contribution is 5.93. The van der Waals surface area contributed by atoms with Gasteiger partial charge in [-0.15, -0.1) is 0 Å². The van der Waals surface area contributed by atoms with Crippen LogP contribution in [0.5, 0.6) is 11.5 Å². The minimum absolute atomic E-state index is 0.0272. The van der Waals surface area contributed by atoms with Crippen molar-refractivity contribution in [1.82, 2.24) is 25.3 Å². The van der Waals surface area contributed by atoms with Gasteiger partial charge in [-0.3, -0.25) is 33.7 Å². The van der Waals surface area contributed by atoms with Crippen molar-refractivity contribution in [2.24, 2.45) is 35.3 Å². The monoisotopic (exact) mass is 1300 g/mol. The van der Waals surface area contributed by atoms with E-state index in [-0.39, 0.29) is 80.7 Å². The van der Waals surface area contributed by atoms with Gasteiger partial charge in [-0.25, -0.2) is 14.4 Å². The quantitative estimate of drug-likeness (QED) is 0.0496. The summed E-state index contributed by atoms with van der Waals surface area (Å²) in [5, 5.41) is 78.6. The predicted molar refractivity (Wildman–Crippen MR) is 328 cm³/mol. The maximum absolute atomic E-state index is 14.8. The van der Waals surface area contributed by atoms with E-state index in [9.17, 15) is 78.9 Å². The third-order valence-electron chi connectivity index (χ3n) is 17.5. The van der Waals surface area contributed by atoms with Gasteiger partial charge in [0.15, 0.2) is 6.10 Å². The van der Waals surface area contributed by atoms with Gasteiger partial charge in [0.1, 0.15) is 48.4 Å². The molecular weight excluding hydrogens is 1210 g/mol. The van der Waals surface area contributed by atoms with Crippen molar-refractivity contribution in [3.8, 4) is 11.5 Å². The van der Waals surface area contributed by atoms with E-state index < -0.39 is 157 Å². The lowest BCUT2D eigenvalue weighted by atomic mass is 9.82. The fourth-order valence-electron chi connectivity index (χ4n) is 12.2. The Balaban J connectivity index is 1.23. The second-order valence-corrected chi connectivity index (χ2v) is 24.8. The van der Waals surface area contributed by atoms with E-state index in [4.69, 9.17) is 34.2 Å². The first-order valence-electron chi connectivity index (χ1n) is 31.1. The average Bonchev–Trinajstić information content (AvgIpc) is 1.25. The summed E-state index contributed by atoms with van der Waals surface area (Å²) < 4.78 is 34.6. The number of rotatable bonds is 32. The zero-order chi connectivity index (χ0) is 68.6. The fourth-order valence-corrected chi connectivity index (χ4v) is 12.2. The van der Waals surface area contributed by atoms with Crippen molar-refractivity contribution in [2.45, 2.75) is 198 Å². The molecule has 29 heteroatoms. The first-order chi connectivity index (χ1) is 43.4. The van der Waals surface area contributed by atoms with Crippen LogP contribution in [0.3, 0.4) is 0 Å². The minimum atomic E-state index is -1.54. The number of carboxylic acid groups (broad SMARTS) is 3. The molecule has 2 aliphatic heterocycles. The Hall–Kier alpha value is -7.25. The van der Waals surface area contributed by atoms with E-state index in [0.717, 1.165) is 4.90 Å². The number of aliphatic carboxylic acids is 3. The standard InChI is InChI=1S/C63H95N7O22/c1-12-33(6)52(46(87-10)29-49(74)70-23-13-14-42(70)55(88-11)34(7)56(77)66-41(60(82)83)24-35-15-18-37(19-16-35)91-62-54(76)44(72)28-47(92-62)61(84)85)68(8)58(79)50(31(2)3)67-57(78)51(32(4)5)69(9)63(86)89-30-36-17-20-45(40(25-36)65-48(73)21-22-64)90-38-26-39(59(80)81)53(75)43(71)27-38/h15-20,25,31-34,38-39,41-44,46-47,50-55,62,71-72,75-76H,12-14,21-24,26-30,64H2,1-11H3,(H,65,73)(H,66,77)(H,67,78)(H,80,81)(H,82,83)(H,84,85)/t33?,34-,38-,39+,41-,42+,43-,44-,46-,47-,50+,51?,52?,53-,54+,55-,62+/m1/s1. The lowest BCUT2D eigenvalue weighted by Gasteiger charge is -2.41. The predicted octanol–water partition coefficient (Wildman–Crippen LogP) is 1.70. The summed E-state index contributed by atoms with van der Waals surface area (Å²) >= 11 is 0. The number of nitrogens with two attached hydrogens (primary N) is 1. The third-order valence-corrected chi connectivity index (χ3v) is 17.5. The van der Waals surface area contributed by atoms with Crippen LogP contribution in [0.4, 0.5) is 10.5 Å². The van der Waals surface area contributed by atoms with Crippen molar-refractivity contribution < 1.29 is 107 Å². The molecule has 3 unspecified atom stereocenters. The Morgan fingerprint density at radius 1 is 0.772 bits per heavy atom. The highest BCUT2D eigenvalue weighted by Gasteiger charge is 2.46. The number of aliphatic hydroxyl groups excluding tert-OH is 4. The molecule has 3 aliphatic rings. The number of hydrogen-bond donors (Lipinski definition) is 11. The molecule has 2 saturated heterocycles. The Morgan fingerprint density at radius 3 is 2.00 bits per heavy atom.